The maximum absolute atomic E-state index is 10.9. The van der Waals surface area contributed by atoms with E-state index in [2.05, 4.69) is 100 Å². The number of ether oxygens (including phenoxy) is 1. The average molecular weight is 467 g/mol. The van der Waals surface area contributed by atoms with Crippen LogP contribution in [-0.2, 0) is 9.16 Å². The molecular weight excluding hydrogens is 424 g/mol. The van der Waals surface area contributed by atoms with Gasteiger partial charge in [0, 0.05) is 31.5 Å². The first kappa shape index (κ1) is 27.3. The molecule has 0 amide bonds. The normalized spacial score (nSPS) is 16.8. The minimum atomic E-state index is -2.61. The summed E-state index contributed by atoms with van der Waals surface area (Å²) in [5.41, 5.74) is 0. The molecule has 2 aromatic rings. The van der Waals surface area contributed by atoms with Gasteiger partial charge in [-0.25, -0.2) is 0 Å². The van der Waals surface area contributed by atoms with E-state index in [1.165, 1.54) is 10.4 Å². The van der Waals surface area contributed by atoms with E-state index >= 15 is 0 Å². The van der Waals surface area contributed by atoms with Crippen LogP contribution in [-0.4, -0.2) is 39.3 Å². The maximum Gasteiger partial charge on any atom is 0.261 e. The highest BCUT2D eigenvalue weighted by Crippen LogP contribution is 2.37. The van der Waals surface area contributed by atoms with Gasteiger partial charge in [-0.15, -0.1) is 5.92 Å². The molecular formula is C29H42O3Si. The fraction of sp³-hybridized carbons (Fsp3) is 0.517. The number of rotatable bonds is 10. The molecule has 1 N–H and O–H groups in total. The summed E-state index contributed by atoms with van der Waals surface area (Å²) in [5, 5.41) is 13.3. The van der Waals surface area contributed by atoms with Crippen LogP contribution in [0.3, 0.4) is 0 Å². The number of hydrogen-bond acceptors (Lipinski definition) is 3. The van der Waals surface area contributed by atoms with Crippen LogP contribution < -0.4 is 10.4 Å². The van der Waals surface area contributed by atoms with Crippen molar-refractivity contribution in [1.82, 2.24) is 0 Å². The molecule has 0 fully saturated rings. The van der Waals surface area contributed by atoms with E-state index in [0.717, 1.165) is 0 Å². The number of aliphatic hydroxyl groups is 1. The Bertz CT molecular complexity index is 856. The van der Waals surface area contributed by atoms with E-state index in [9.17, 15) is 5.11 Å². The van der Waals surface area contributed by atoms with Crippen LogP contribution in [0.2, 0.25) is 5.04 Å². The van der Waals surface area contributed by atoms with Gasteiger partial charge in [-0.05, 0) is 29.3 Å². The third kappa shape index (κ3) is 6.16. The summed E-state index contributed by atoms with van der Waals surface area (Å²) in [6.07, 6.45) is -0.697. The lowest BCUT2D eigenvalue weighted by Gasteiger charge is -2.44. The zero-order valence-electron chi connectivity index (χ0n) is 21.6. The SMILES string of the molecule is CC#C[C@@H](C)[C@@H](O)[C@@H](C)[C@@H](OC)[C@H](C)CO[Si](c1ccccc1)(c1ccccc1)C(C)(C)C. The topological polar surface area (TPSA) is 38.7 Å². The highest BCUT2D eigenvalue weighted by Gasteiger charge is 2.50. The van der Waals surface area contributed by atoms with E-state index in [-0.39, 0.29) is 28.9 Å². The van der Waals surface area contributed by atoms with Crippen molar-refractivity contribution in [2.75, 3.05) is 13.7 Å². The van der Waals surface area contributed by atoms with Crippen LogP contribution in [0.1, 0.15) is 48.5 Å². The molecule has 0 aliphatic heterocycles. The Morgan fingerprint density at radius 3 is 1.79 bits per heavy atom. The lowest BCUT2D eigenvalue weighted by atomic mass is 9.84. The monoisotopic (exact) mass is 466 g/mol. The van der Waals surface area contributed by atoms with Crippen LogP contribution in [0.15, 0.2) is 60.7 Å². The van der Waals surface area contributed by atoms with E-state index < -0.39 is 14.4 Å². The fourth-order valence-corrected chi connectivity index (χ4v) is 9.71. The molecule has 0 aliphatic rings. The summed E-state index contributed by atoms with van der Waals surface area (Å²) in [5.74, 6) is 5.93. The Hall–Kier alpha value is -1.90. The Kier molecular flexibility index (Phi) is 9.94. The maximum atomic E-state index is 10.9. The summed E-state index contributed by atoms with van der Waals surface area (Å²) in [7, 11) is -0.882. The van der Waals surface area contributed by atoms with Crippen molar-refractivity contribution in [2.24, 2.45) is 17.8 Å². The van der Waals surface area contributed by atoms with Gasteiger partial charge in [0.05, 0.1) is 12.2 Å². The molecule has 3 nitrogen and oxygen atoms in total. The van der Waals surface area contributed by atoms with Crippen molar-refractivity contribution in [1.29, 1.82) is 0 Å². The van der Waals surface area contributed by atoms with E-state index in [0.29, 0.717) is 6.61 Å². The van der Waals surface area contributed by atoms with Crippen LogP contribution >= 0.6 is 0 Å². The molecule has 2 aromatic carbocycles. The summed E-state index contributed by atoms with van der Waals surface area (Å²) in [6, 6.07) is 21.4. The molecule has 0 unspecified atom stereocenters. The van der Waals surface area contributed by atoms with Crippen LogP contribution in [0, 0.1) is 29.6 Å². The molecule has 0 saturated carbocycles. The van der Waals surface area contributed by atoms with Crippen molar-refractivity contribution >= 4 is 18.7 Å². The lowest BCUT2D eigenvalue weighted by molar-refractivity contribution is -0.0519. The molecule has 5 atom stereocenters. The van der Waals surface area contributed by atoms with Crippen molar-refractivity contribution < 1.29 is 14.3 Å². The van der Waals surface area contributed by atoms with Gasteiger partial charge in [0.15, 0.2) is 0 Å². The Morgan fingerprint density at radius 2 is 1.39 bits per heavy atom. The first-order valence-electron chi connectivity index (χ1n) is 12.0. The van der Waals surface area contributed by atoms with Gasteiger partial charge in [-0.2, -0.15) is 0 Å². The molecule has 33 heavy (non-hydrogen) atoms. The molecule has 2 rings (SSSR count). The molecule has 4 heteroatoms. The Labute approximate surface area is 202 Å². The largest absolute Gasteiger partial charge is 0.407 e. The van der Waals surface area contributed by atoms with E-state index in [1.54, 1.807) is 7.11 Å². The highest BCUT2D eigenvalue weighted by atomic mass is 28.4. The third-order valence-electron chi connectivity index (χ3n) is 6.75. The second-order valence-electron chi connectivity index (χ2n) is 10.2. The lowest BCUT2D eigenvalue weighted by Crippen LogP contribution is -2.67. The molecule has 180 valence electrons. The van der Waals surface area contributed by atoms with E-state index in [4.69, 9.17) is 9.16 Å². The number of methoxy groups -OCH3 is 1. The second-order valence-corrected chi connectivity index (χ2v) is 14.5. The number of benzene rings is 2. The minimum Gasteiger partial charge on any atom is -0.407 e. The molecule has 0 bridgehead atoms. The number of hydrogen-bond donors (Lipinski definition) is 1. The van der Waals surface area contributed by atoms with Crippen molar-refractivity contribution in [2.45, 2.75) is 65.7 Å². The molecule has 0 spiro atoms. The van der Waals surface area contributed by atoms with Crippen LogP contribution in [0.5, 0.6) is 0 Å². The highest BCUT2D eigenvalue weighted by molar-refractivity contribution is 6.99. The predicted molar refractivity (Wildman–Crippen MR) is 141 cm³/mol. The zero-order valence-corrected chi connectivity index (χ0v) is 22.6. The van der Waals surface area contributed by atoms with E-state index in [1.807, 2.05) is 20.8 Å². The first-order valence-corrected chi connectivity index (χ1v) is 13.9. The smallest absolute Gasteiger partial charge is 0.261 e. The predicted octanol–water partition coefficient (Wildman–Crippen LogP) is 4.87. The third-order valence-corrected chi connectivity index (χ3v) is 11.8. The standard InChI is InChI=1S/C29H42O3Si/c1-9-16-22(2)27(30)24(4)28(31-8)23(3)21-32-33(29(5,6)7,25-17-12-10-13-18-25)26-19-14-11-15-20-26/h10-15,17-20,22-24,27-28,30H,21H2,1-8H3/t22-,23-,24-,27-,28+/m1/s1. The summed E-state index contributed by atoms with van der Waals surface area (Å²) in [4.78, 5) is 0. The molecule has 0 aromatic heterocycles. The van der Waals surface area contributed by atoms with Gasteiger partial charge in [-0.3, -0.25) is 0 Å². The second kappa shape index (κ2) is 12.0. The fourth-order valence-electron chi connectivity index (χ4n) is 5.04. The summed E-state index contributed by atoms with van der Waals surface area (Å²) >= 11 is 0. The van der Waals surface area contributed by atoms with Gasteiger partial charge in [0.25, 0.3) is 8.32 Å². The van der Waals surface area contributed by atoms with Gasteiger partial charge in [0.2, 0.25) is 0 Å². The molecule has 0 radical (unpaired) electrons. The summed E-state index contributed by atoms with van der Waals surface area (Å²) in [6.45, 7) is 15.4. The first-order chi connectivity index (χ1) is 15.6. The number of aliphatic hydroxyl groups excluding tert-OH is 1. The van der Waals surface area contributed by atoms with Gasteiger partial charge in [-0.1, -0.05) is 101 Å². The van der Waals surface area contributed by atoms with Crippen LogP contribution in [0.4, 0.5) is 0 Å². The average Bonchev–Trinajstić information content (AvgIpc) is 2.80. The molecule has 0 aliphatic carbocycles. The van der Waals surface area contributed by atoms with Gasteiger partial charge in [0.1, 0.15) is 0 Å². The Balaban J connectivity index is 2.40. The molecule has 0 heterocycles. The van der Waals surface area contributed by atoms with Crippen molar-refractivity contribution in [3.05, 3.63) is 60.7 Å². The minimum absolute atomic E-state index is 0.0661. The van der Waals surface area contributed by atoms with Crippen molar-refractivity contribution in [3.63, 3.8) is 0 Å². The zero-order chi connectivity index (χ0) is 24.6. The quantitative estimate of drug-likeness (QED) is 0.401. The Morgan fingerprint density at radius 1 is 0.909 bits per heavy atom. The van der Waals surface area contributed by atoms with Gasteiger partial charge >= 0.3 is 0 Å². The van der Waals surface area contributed by atoms with Crippen LogP contribution in [0.25, 0.3) is 0 Å². The molecule has 0 saturated heterocycles. The summed E-state index contributed by atoms with van der Waals surface area (Å²) < 4.78 is 13.0. The van der Waals surface area contributed by atoms with Gasteiger partial charge < -0.3 is 14.3 Å². The van der Waals surface area contributed by atoms with Crippen molar-refractivity contribution in [3.8, 4) is 11.8 Å².